The number of benzene rings is 2. The predicted molar refractivity (Wildman–Crippen MR) is 127 cm³/mol. The molecule has 8 heteroatoms. The van der Waals surface area contributed by atoms with E-state index in [1.807, 2.05) is 60.7 Å². The molecular formula is C26H24ClN3O4. The van der Waals surface area contributed by atoms with Crippen molar-refractivity contribution < 1.29 is 19.1 Å². The number of nitrogens with one attached hydrogen (secondary N) is 2. The first-order chi connectivity index (χ1) is 16.5. The Hall–Kier alpha value is -3.84. The van der Waals surface area contributed by atoms with Gasteiger partial charge in [-0.2, -0.15) is 0 Å². The van der Waals surface area contributed by atoms with Gasteiger partial charge in [-0.3, -0.25) is 0 Å². The number of hydrogen-bond donors (Lipinski definition) is 2. The third-order valence-corrected chi connectivity index (χ3v) is 5.84. The molecule has 0 aliphatic carbocycles. The van der Waals surface area contributed by atoms with Crippen molar-refractivity contribution in [3.05, 3.63) is 112 Å². The third-order valence-electron chi connectivity index (χ3n) is 5.53. The molecule has 3 aromatic rings. The highest BCUT2D eigenvalue weighted by atomic mass is 35.5. The summed E-state index contributed by atoms with van der Waals surface area (Å²) >= 11 is 6.34. The third kappa shape index (κ3) is 5.05. The van der Waals surface area contributed by atoms with Crippen LogP contribution in [0.5, 0.6) is 0 Å². The van der Waals surface area contributed by atoms with Crippen LogP contribution in [0.25, 0.3) is 0 Å². The van der Waals surface area contributed by atoms with Gasteiger partial charge >= 0.3 is 11.9 Å². The van der Waals surface area contributed by atoms with Crippen LogP contribution in [-0.2, 0) is 32.3 Å². The van der Waals surface area contributed by atoms with E-state index < -0.39 is 17.9 Å². The van der Waals surface area contributed by atoms with Crippen LogP contribution in [0.2, 0.25) is 5.15 Å². The fourth-order valence-electron chi connectivity index (χ4n) is 3.92. The van der Waals surface area contributed by atoms with Crippen molar-refractivity contribution in [1.82, 2.24) is 15.3 Å². The average molecular weight is 478 g/mol. The van der Waals surface area contributed by atoms with Gasteiger partial charge in [-0.25, -0.2) is 14.6 Å². The van der Waals surface area contributed by atoms with Gasteiger partial charge in [0.05, 0.1) is 29.1 Å². The summed E-state index contributed by atoms with van der Waals surface area (Å²) in [4.78, 5) is 33.6. The van der Waals surface area contributed by atoms with Crippen LogP contribution in [0.15, 0.2) is 89.5 Å². The van der Waals surface area contributed by atoms with Crippen molar-refractivity contribution in [3.63, 3.8) is 0 Å². The fourth-order valence-corrected chi connectivity index (χ4v) is 4.13. The number of carbonyl (C=O) groups excluding carboxylic acids is 2. The van der Waals surface area contributed by atoms with E-state index in [1.54, 1.807) is 13.8 Å². The molecule has 0 amide bonds. The Bertz CT molecular complexity index is 1170. The summed E-state index contributed by atoms with van der Waals surface area (Å²) in [5.41, 5.74) is 3.77. The summed E-state index contributed by atoms with van der Waals surface area (Å²) in [5, 5.41) is 3.29. The van der Waals surface area contributed by atoms with Crippen molar-refractivity contribution >= 4 is 23.5 Å². The molecule has 0 fully saturated rings. The Labute approximate surface area is 202 Å². The lowest BCUT2D eigenvalue weighted by Crippen LogP contribution is -2.32. The minimum absolute atomic E-state index is 0.0936. The molecule has 0 spiro atoms. The number of rotatable bonds is 7. The molecule has 1 aliphatic rings. The molecule has 0 unspecified atom stereocenters. The number of aromatic amines is 1. The highest BCUT2D eigenvalue weighted by molar-refractivity contribution is 6.30. The summed E-state index contributed by atoms with van der Waals surface area (Å²) < 4.78 is 11.2. The number of ether oxygens (including phenoxy) is 2. The second kappa shape index (κ2) is 10.4. The van der Waals surface area contributed by atoms with E-state index in [-0.39, 0.29) is 29.5 Å². The molecule has 4 rings (SSSR count). The van der Waals surface area contributed by atoms with E-state index in [4.69, 9.17) is 21.1 Å². The number of imidazole rings is 1. The second-order valence-corrected chi connectivity index (χ2v) is 8.22. The maximum Gasteiger partial charge on any atom is 0.337 e. The van der Waals surface area contributed by atoms with Crippen molar-refractivity contribution in [3.8, 4) is 0 Å². The lowest BCUT2D eigenvalue weighted by atomic mass is 9.83. The van der Waals surface area contributed by atoms with Crippen LogP contribution in [-0.4, -0.2) is 21.9 Å². The van der Waals surface area contributed by atoms with Crippen molar-refractivity contribution in [2.45, 2.75) is 33.0 Å². The van der Waals surface area contributed by atoms with Gasteiger partial charge in [0.15, 0.2) is 5.15 Å². The van der Waals surface area contributed by atoms with Gasteiger partial charge in [-0.15, -0.1) is 0 Å². The minimum atomic E-state index is -0.831. The van der Waals surface area contributed by atoms with Crippen molar-refractivity contribution in [2.24, 2.45) is 0 Å². The lowest BCUT2D eigenvalue weighted by molar-refractivity contribution is -0.141. The smallest absolute Gasteiger partial charge is 0.337 e. The Morgan fingerprint density at radius 3 is 1.74 bits per heavy atom. The highest BCUT2D eigenvalue weighted by Gasteiger charge is 2.40. The molecule has 0 saturated carbocycles. The molecular weight excluding hydrogens is 454 g/mol. The number of aromatic nitrogens is 2. The normalized spacial score (nSPS) is 14.1. The summed E-state index contributed by atoms with van der Waals surface area (Å²) in [6, 6.07) is 18.7. The van der Waals surface area contributed by atoms with Gasteiger partial charge in [0.1, 0.15) is 13.2 Å². The minimum Gasteiger partial charge on any atom is -0.457 e. The number of H-pyrrole nitrogens is 1. The van der Waals surface area contributed by atoms with Crippen molar-refractivity contribution in [1.29, 1.82) is 0 Å². The van der Waals surface area contributed by atoms with E-state index in [1.165, 1.54) is 6.33 Å². The Kier molecular flexibility index (Phi) is 7.13. The highest BCUT2D eigenvalue weighted by Crippen LogP contribution is 2.40. The molecule has 1 aromatic heterocycles. The largest absolute Gasteiger partial charge is 0.457 e. The maximum atomic E-state index is 13.3. The summed E-state index contributed by atoms with van der Waals surface area (Å²) in [6.07, 6.45) is 1.42. The SMILES string of the molecule is CC1=C(C(=O)OCc2ccccc2)C(c2[nH]cnc2Cl)C(C(=O)OCc2ccccc2)=C(C)N1. The molecule has 174 valence electrons. The molecule has 0 saturated heterocycles. The van der Waals surface area contributed by atoms with Crippen molar-refractivity contribution in [2.75, 3.05) is 0 Å². The van der Waals surface area contributed by atoms with Crippen LogP contribution in [0, 0.1) is 0 Å². The first-order valence-corrected chi connectivity index (χ1v) is 11.1. The van der Waals surface area contributed by atoms with Gasteiger partial charge in [0, 0.05) is 11.4 Å². The summed E-state index contributed by atoms with van der Waals surface area (Å²) in [7, 11) is 0. The van der Waals surface area contributed by atoms with E-state index in [2.05, 4.69) is 15.3 Å². The number of allylic oxidation sites excluding steroid dienone is 2. The Morgan fingerprint density at radius 1 is 0.853 bits per heavy atom. The van der Waals surface area contributed by atoms with Crippen LogP contribution < -0.4 is 5.32 Å². The Balaban J connectivity index is 1.64. The van der Waals surface area contributed by atoms with Gasteiger partial charge in [-0.05, 0) is 25.0 Å². The Morgan fingerprint density at radius 2 is 1.32 bits per heavy atom. The number of halogens is 1. The number of hydrogen-bond acceptors (Lipinski definition) is 6. The zero-order valence-electron chi connectivity index (χ0n) is 18.8. The van der Waals surface area contributed by atoms with Gasteiger partial charge in [0.2, 0.25) is 0 Å². The molecule has 0 radical (unpaired) electrons. The monoisotopic (exact) mass is 477 g/mol. The van der Waals surface area contributed by atoms with Gasteiger partial charge in [-0.1, -0.05) is 72.3 Å². The van der Waals surface area contributed by atoms with Gasteiger partial charge in [0.25, 0.3) is 0 Å². The van der Waals surface area contributed by atoms with Gasteiger partial charge < -0.3 is 19.8 Å². The number of esters is 2. The molecule has 7 nitrogen and oxygen atoms in total. The predicted octanol–water partition coefficient (Wildman–Crippen LogP) is 4.78. The van der Waals surface area contributed by atoms with E-state index >= 15 is 0 Å². The zero-order chi connectivity index (χ0) is 24.1. The zero-order valence-corrected chi connectivity index (χ0v) is 19.6. The quantitative estimate of drug-likeness (QED) is 0.475. The molecule has 2 heterocycles. The number of dihydropyridines is 1. The lowest BCUT2D eigenvalue weighted by Gasteiger charge is -2.29. The van der Waals surface area contributed by atoms with E-state index in [9.17, 15) is 9.59 Å². The molecule has 2 aromatic carbocycles. The summed E-state index contributed by atoms with van der Waals surface area (Å²) in [5.74, 6) is -1.96. The maximum absolute atomic E-state index is 13.3. The average Bonchev–Trinajstić information content (AvgIpc) is 3.27. The molecule has 0 bridgehead atoms. The first kappa shape index (κ1) is 23.3. The van der Waals surface area contributed by atoms with Crippen LogP contribution in [0.1, 0.15) is 36.6 Å². The standard InChI is InChI=1S/C26H24ClN3O4/c1-16-20(25(31)33-13-18-9-5-3-6-10-18)22(23-24(27)29-15-28-23)21(17(2)30-16)26(32)34-14-19-11-7-4-8-12-19/h3-12,15,22,30H,13-14H2,1-2H3,(H,28,29). The number of carbonyl (C=O) groups is 2. The second-order valence-electron chi connectivity index (χ2n) is 7.87. The van der Waals surface area contributed by atoms with Crippen LogP contribution in [0.3, 0.4) is 0 Å². The molecule has 2 N–H and O–H groups in total. The molecule has 1 aliphatic heterocycles. The molecule has 0 atom stereocenters. The van der Waals surface area contributed by atoms with Crippen LogP contribution in [0.4, 0.5) is 0 Å². The summed E-state index contributed by atoms with van der Waals surface area (Å²) in [6.45, 7) is 3.70. The number of nitrogens with zero attached hydrogens (tertiary/aromatic N) is 1. The van der Waals surface area contributed by atoms with E-state index in [0.29, 0.717) is 17.1 Å². The fraction of sp³-hybridized carbons (Fsp3) is 0.192. The molecule has 34 heavy (non-hydrogen) atoms. The first-order valence-electron chi connectivity index (χ1n) is 10.7. The topological polar surface area (TPSA) is 93.3 Å². The van der Waals surface area contributed by atoms with Crippen LogP contribution >= 0.6 is 11.6 Å². The van der Waals surface area contributed by atoms with E-state index in [0.717, 1.165) is 11.1 Å².